The van der Waals surface area contributed by atoms with Crippen molar-refractivity contribution in [3.8, 4) is 5.82 Å². The van der Waals surface area contributed by atoms with Gasteiger partial charge >= 0.3 is 0 Å². The molecule has 0 spiro atoms. The Morgan fingerprint density at radius 1 is 1.12 bits per heavy atom. The summed E-state index contributed by atoms with van der Waals surface area (Å²) in [4.78, 5) is 16.0. The van der Waals surface area contributed by atoms with Gasteiger partial charge in [0.2, 0.25) is 0 Å². The molecule has 0 bridgehead atoms. The summed E-state index contributed by atoms with van der Waals surface area (Å²) in [6, 6.07) is 6.40. The van der Waals surface area contributed by atoms with E-state index in [1.54, 1.807) is 0 Å². The molecule has 5 heteroatoms. The van der Waals surface area contributed by atoms with Crippen LogP contribution in [0.3, 0.4) is 0 Å². The van der Waals surface area contributed by atoms with Crippen LogP contribution in [0.2, 0.25) is 0 Å². The normalized spacial score (nSPS) is 14.5. The molecule has 0 aromatic carbocycles. The van der Waals surface area contributed by atoms with Gasteiger partial charge in [0.25, 0.3) is 0 Å². The number of aryl methyl sites for hydroxylation is 3. The fourth-order valence-corrected chi connectivity index (χ4v) is 3.88. The van der Waals surface area contributed by atoms with Gasteiger partial charge in [-0.05, 0) is 51.0 Å². The third-order valence-corrected chi connectivity index (χ3v) is 5.26. The molecule has 1 aliphatic heterocycles. The molecule has 0 radical (unpaired) electrons. The van der Waals surface area contributed by atoms with Gasteiger partial charge in [-0.1, -0.05) is 6.07 Å². The minimum atomic E-state index is 0.867. The van der Waals surface area contributed by atoms with Gasteiger partial charge < -0.3 is 4.57 Å². The number of hydrogen-bond acceptors (Lipinski definition) is 4. The molecule has 134 valence electrons. The Kier molecular flexibility index (Phi) is 4.32. The second kappa shape index (κ2) is 6.65. The van der Waals surface area contributed by atoms with Crippen molar-refractivity contribution in [2.75, 3.05) is 6.54 Å². The highest BCUT2D eigenvalue weighted by Gasteiger charge is 2.20. The number of hydrogen-bond donors (Lipinski definition) is 0. The van der Waals surface area contributed by atoms with Crippen LogP contribution < -0.4 is 0 Å². The van der Waals surface area contributed by atoms with Crippen molar-refractivity contribution >= 4 is 0 Å². The first-order valence-corrected chi connectivity index (χ1v) is 9.16. The molecule has 1 aliphatic rings. The second-order valence-corrected chi connectivity index (χ2v) is 7.23. The van der Waals surface area contributed by atoms with E-state index in [1.807, 2.05) is 25.4 Å². The highest BCUT2D eigenvalue weighted by molar-refractivity contribution is 5.41. The molecule has 3 aromatic heterocycles. The predicted molar refractivity (Wildman–Crippen MR) is 102 cm³/mol. The molecule has 4 rings (SSSR count). The van der Waals surface area contributed by atoms with E-state index in [2.05, 4.69) is 57.3 Å². The average molecular weight is 347 g/mol. The summed E-state index contributed by atoms with van der Waals surface area (Å²) in [6.07, 6.45) is 4.85. The van der Waals surface area contributed by atoms with E-state index in [4.69, 9.17) is 0 Å². The molecule has 0 aliphatic carbocycles. The third kappa shape index (κ3) is 3.03. The minimum absolute atomic E-state index is 0.867. The SMILES string of the molecule is Cc1ncc2c(n1)CCN(Cc1cc(C)n(-c3ncccc3C)c1C)C2. The van der Waals surface area contributed by atoms with Crippen LogP contribution in [-0.2, 0) is 19.5 Å². The standard InChI is InChI=1S/C21H25N5/c1-14-6-5-8-22-21(14)26-15(2)10-18(16(26)3)12-25-9-7-20-19(13-25)11-23-17(4)24-20/h5-6,8,10-11H,7,9,12-13H2,1-4H3. The van der Waals surface area contributed by atoms with Crippen molar-refractivity contribution in [3.05, 3.63) is 70.2 Å². The van der Waals surface area contributed by atoms with Gasteiger partial charge in [0, 0.05) is 61.1 Å². The van der Waals surface area contributed by atoms with Crippen molar-refractivity contribution in [1.29, 1.82) is 0 Å². The Labute approximate surface area is 154 Å². The second-order valence-electron chi connectivity index (χ2n) is 7.23. The zero-order valence-electron chi connectivity index (χ0n) is 16.0. The Balaban J connectivity index is 1.59. The topological polar surface area (TPSA) is 46.8 Å². The Hall–Kier alpha value is -2.53. The van der Waals surface area contributed by atoms with E-state index >= 15 is 0 Å². The molecule has 0 amide bonds. The maximum Gasteiger partial charge on any atom is 0.139 e. The van der Waals surface area contributed by atoms with E-state index < -0.39 is 0 Å². The van der Waals surface area contributed by atoms with Crippen molar-refractivity contribution in [3.63, 3.8) is 0 Å². The van der Waals surface area contributed by atoms with Crippen molar-refractivity contribution < 1.29 is 0 Å². The predicted octanol–water partition coefficient (Wildman–Crippen LogP) is 3.45. The van der Waals surface area contributed by atoms with Gasteiger partial charge in [-0.15, -0.1) is 0 Å². The van der Waals surface area contributed by atoms with Gasteiger partial charge in [-0.3, -0.25) is 4.90 Å². The molecule has 26 heavy (non-hydrogen) atoms. The van der Waals surface area contributed by atoms with Gasteiger partial charge in [-0.2, -0.15) is 0 Å². The maximum atomic E-state index is 4.60. The highest BCUT2D eigenvalue weighted by atomic mass is 15.1. The van der Waals surface area contributed by atoms with Gasteiger partial charge in [0.1, 0.15) is 11.6 Å². The van der Waals surface area contributed by atoms with Crippen LogP contribution >= 0.6 is 0 Å². The first-order chi connectivity index (χ1) is 12.5. The van der Waals surface area contributed by atoms with Gasteiger partial charge in [0.05, 0.1) is 0 Å². The third-order valence-electron chi connectivity index (χ3n) is 5.26. The lowest BCUT2D eigenvalue weighted by Gasteiger charge is -2.28. The Morgan fingerprint density at radius 3 is 2.77 bits per heavy atom. The Morgan fingerprint density at radius 2 is 1.96 bits per heavy atom. The molecular weight excluding hydrogens is 322 g/mol. The van der Waals surface area contributed by atoms with Crippen LogP contribution in [0.25, 0.3) is 5.82 Å². The lowest BCUT2D eigenvalue weighted by Crippen LogP contribution is -2.31. The molecule has 0 N–H and O–H groups in total. The summed E-state index contributed by atoms with van der Waals surface area (Å²) in [6.45, 7) is 11.3. The monoisotopic (exact) mass is 347 g/mol. The Bertz CT molecular complexity index is 957. The summed E-state index contributed by atoms with van der Waals surface area (Å²) >= 11 is 0. The lowest BCUT2D eigenvalue weighted by molar-refractivity contribution is 0.242. The van der Waals surface area contributed by atoms with Gasteiger partial charge in [0.15, 0.2) is 0 Å². The summed E-state index contributed by atoms with van der Waals surface area (Å²) in [5.41, 5.74) is 7.54. The number of pyridine rings is 1. The van der Waals surface area contributed by atoms with E-state index in [0.717, 1.165) is 37.7 Å². The highest BCUT2D eigenvalue weighted by Crippen LogP contribution is 2.25. The van der Waals surface area contributed by atoms with Crippen LogP contribution in [0.5, 0.6) is 0 Å². The molecule has 3 aromatic rings. The number of rotatable bonds is 3. The van der Waals surface area contributed by atoms with E-state index in [-0.39, 0.29) is 0 Å². The molecule has 0 atom stereocenters. The van der Waals surface area contributed by atoms with Crippen molar-refractivity contribution in [2.45, 2.75) is 47.2 Å². The smallest absolute Gasteiger partial charge is 0.139 e. The van der Waals surface area contributed by atoms with Gasteiger partial charge in [-0.25, -0.2) is 15.0 Å². The van der Waals surface area contributed by atoms with E-state index in [0.29, 0.717) is 0 Å². The molecule has 0 saturated heterocycles. The first-order valence-electron chi connectivity index (χ1n) is 9.16. The quantitative estimate of drug-likeness (QED) is 0.728. The van der Waals surface area contributed by atoms with Crippen LogP contribution in [0.4, 0.5) is 0 Å². The molecule has 0 saturated carbocycles. The largest absolute Gasteiger partial charge is 0.303 e. The minimum Gasteiger partial charge on any atom is -0.303 e. The summed E-state index contributed by atoms with van der Waals surface area (Å²) in [7, 11) is 0. The maximum absolute atomic E-state index is 4.60. The van der Waals surface area contributed by atoms with Crippen LogP contribution in [0.1, 0.15) is 39.6 Å². The van der Waals surface area contributed by atoms with Crippen LogP contribution in [-0.4, -0.2) is 31.0 Å². The summed E-state index contributed by atoms with van der Waals surface area (Å²) in [5.74, 6) is 1.90. The molecule has 0 unspecified atom stereocenters. The van der Waals surface area contributed by atoms with Crippen molar-refractivity contribution in [2.24, 2.45) is 0 Å². The van der Waals surface area contributed by atoms with Crippen LogP contribution in [0, 0.1) is 27.7 Å². The summed E-state index contributed by atoms with van der Waals surface area (Å²) in [5, 5.41) is 0. The number of fused-ring (bicyclic) bond motifs is 1. The molecule has 4 heterocycles. The molecule has 0 fully saturated rings. The summed E-state index contributed by atoms with van der Waals surface area (Å²) < 4.78 is 2.27. The average Bonchev–Trinajstić information content (AvgIpc) is 2.89. The molecular formula is C21H25N5. The van der Waals surface area contributed by atoms with E-state index in [1.165, 1.54) is 33.8 Å². The van der Waals surface area contributed by atoms with Crippen LogP contribution in [0.15, 0.2) is 30.6 Å². The fourth-order valence-electron chi connectivity index (χ4n) is 3.88. The zero-order valence-corrected chi connectivity index (χ0v) is 16.0. The zero-order chi connectivity index (χ0) is 18.3. The van der Waals surface area contributed by atoms with E-state index in [9.17, 15) is 0 Å². The number of aromatic nitrogens is 4. The first kappa shape index (κ1) is 16.9. The lowest BCUT2D eigenvalue weighted by atomic mass is 10.1. The molecule has 5 nitrogen and oxygen atoms in total. The number of nitrogens with zero attached hydrogens (tertiary/aromatic N) is 5. The fraction of sp³-hybridized carbons (Fsp3) is 0.381. The van der Waals surface area contributed by atoms with Crippen molar-refractivity contribution in [1.82, 2.24) is 24.4 Å².